The first-order valence-electron chi connectivity index (χ1n) is 8.14. The van der Waals surface area contributed by atoms with E-state index in [9.17, 15) is 19.7 Å². The summed E-state index contributed by atoms with van der Waals surface area (Å²) in [7, 11) is 0. The standard InChI is InChI=1S/C19H14N2O5/c1-2-20-16(11-6-5-7-12(10-11)21(24)25)15-17(22)13-8-3-4-9-14(13)26-18(15)19(20)23/h3-10,16H,2H2,1H3/t16-/m1/s1. The minimum absolute atomic E-state index is 0.00653. The van der Waals surface area contributed by atoms with Gasteiger partial charge in [-0.05, 0) is 24.6 Å². The molecule has 0 unspecified atom stereocenters. The zero-order valence-electron chi connectivity index (χ0n) is 13.8. The van der Waals surface area contributed by atoms with Crippen molar-refractivity contribution in [2.75, 3.05) is 6.54 Å². The Hall–Kier alpha value is -3.48. The average molecular weight is 350 g/mol. The van der Waals surface area contributed by atoms with Crippen LogP contribution in [0.4, 0.5) is 5.69 Å². The van der Waals surface area contributed by atoms with Crippen LogP contribution in [0.15, 0.2) is 57.7 Å². The lowest BCUT2D eigenvalue weighted by molar-refractivity contribution is -0.384. The van der Waals surface area contributed by atoms with E-state index in [1.807, 2.05) is 0 Å². The maximum Gasteiger partial charge on any atom is 0.290 e. The summed E-state index contributed by atoms with van der Waals surface area (Å²) in [6.07, 6.45) is 0. The molecule has 1 atom stereocenters. The van der Waals surface area contributed by atoms with Crippen LogP contribution < -0.4 is 5.43 Å². The van der Waals surface area contributed by atoms with E-state index >= 15 is 0 Å². The van der Waals surface area contributed by atoms with Crippen molar-refractivity contribution in [3.63, 3.8) is 0 Å². The molecule has 2 aromatic carbocycles. The smallest absolute Gasteiger partial charge is 0.290 e. The SMILES string of the molecule is CCN1C(=O)c2oc3ccccc3c(=O)c2[C@H]1c1cccc([N+](=O)[O-])c1. The van der Waals surface area contributed by atoms with Gasteiger partial charge in [0.25, 0.3) is 11.6 Å². The molecule has 1 aromatic heterocycles. The number of benzene rings is 2. The number of non-ortho nitro benzene ring substituents is 1. The number of carbonyl (C=O) groups is 1. The molecule has 0 aliphatic carbocycles. The second kappa shape index (κ2) is 5.80. The number of carbonyl (C=O) groups excluding carboxylic acids is 1. The summed E-state index contributed by atoms with van der Waals surface area (Å²) in [6, 6.07) is 12.0. The van der Waals surface area contributed by atoms with Crippen molar-refractivity contribution in [3.05, 3.63) is 85.8 Å². The predicted octanol–water partition coefficient (Wildman–Crippen LogP) is 3.27. The molecule has 7 nitrogen and oxygen atoms in total. The van der Waals surface area contributed by atoms with Crippen LogP contribution in [0.25, 0.3) is 11.0 Å². The molecule has 7 heteroatoms. The molecule has 26 heavy (non-hydrogen) atoms. The van der Waals surface area contributed by atoms with Gasteiger partial charge in [-0.3, -0.25) is 19.7 Å². The summed E-state index contributed by atoms with van der Waals surface area (Å²) >= 11 is 0. The largest absolute Gasteiger partial charge is 0.450 e. The van der Waals surface area contributed by atoms with Gasteiger partial charge in [0, 0.05) is 18.7 Å². The minimum atomic E-state index is -0.705. The summed E-state index contributed by atoms with van der Waals surface area (Å²) in [4.78, 5) is 38.0. The lowest BCUT2D eigenvalue weighted by Gasteiger charge is -2.23. The first kappa shape index (κ1) is 16.0. The molecular formula is C19H14N2O5. The Labute approximate surface area is 147 Å². The van der Waals surface area contributed by atoms with Crippen LogP contribution in [-0.2, 0) is 0 Å². The van der Waals surface area contributed by atoms with Crippen LogP contribution in [0.5, 0.6) is 0 Å². The normalized spacial score (nSPS) is 16.1. The molecule has 0 radical (unpaired) electrons. The van der Waals surface area contributed by atoms with Crippen molar-refractivity contribution >= 4 is 22.6 Å². The summed E-state index contributed by atoms with van der Waals surface area (Å²) in [5, 5.41) is 11.5. The second-order valence-electron chi connectivity index (χ2n) is 6.02. The molecule has 1 amide bonds. The van der Waals surface area contributed by atoms with Gasteiger partial charge >= 0.3 is 0 Å². The lowest BCUT2D eigenvalue weighted by Crippen LogP contribution is -2.29. The van der Waals surface area contributed by atoms with Crippen molar-refractivity contribution in [2.24, 2.45) is 0 Å². The Balaban J connectivity index is 2.01. The van der Waals surface area contributed by atoms with Crippen molar-refractivity contribution in [3.8, 4) is 0 Å². The monoisotopic (exact) mass is 350 g/mol. The number of nitrogens with zero attached hydrogens (tertiary/aromatic N) is 2. The van der Waals surface area contributed by atoms with Crippen molar-refractivity contribution in [2.45, 2.75) is 13.0 Å². The highest BCUT2D eigenvalue weighted by Gasteiger charge is 2.42. The Morgan fingerprint density at radius 2 is 1.92 bits per heavy atom. The number of amides is 1. The molecular weight excluding hydrogens is 336 g/mol. The molecule has 130 valence electrons. The highest BCUT2D eigenvalue weighted by atomic mass is 16.6. The third kappa shape index (κ3) is 2.21. The van der Waals surface area contributed by atoms with Crippen LogP contribution in [0.2, 0.25) is 0 Å². The fourth-order valence-electron chi connectivity index (χ4n) is 3.45. The molecule has 0 bridgehead atoms. The topological polar surface area (TPSA) is 93.7 Å². The maximum atomic E-state index is 13.1. The second-order valence-corrected chi connectivity index (χ2v) is 6.02. The van der Waals surface area contributed by atoms with Crippen LogP contribution in [0.3, 0.4) is 0 Å². The average Bonchev–Trinajstić information content (AvgIpc) is 2.94. The number of hydrogen-bond acceptors (Lipinski definition) is 5. The highest BCUT2D eigenvalue weighted by Crippen LogP contribution is 2.38. The third-order valence-electron chi connectivity index (χ3n) is 4.61. The van der Waals surface area contributed by atoms with Crippen molar-refractivity contribution in [1.29, 1.82) is 0 Å². The Morgan fingerprint density at radius 1 is 1.15 bits per heavy atom. The van der Waals surface area contributed by atoms with Gasteiger partial charge in [-0.25, -0.2) is 0 Å². The molecule has 0 fully saturated rings. The van der Waals surface area contributed by atoms with Crippen molar-refractivity contribution < 1.29 is 14.1 Å². The number of rotatable bonds is 3. The van der Waals surface area contributed by atoms with Gasteiger partial charge in [-0.15, -0.1) is 0 Å². The van der Waals surface area contributed by atoms with Gasteiger partial charge < -0.3 is 9.32 Å². The summed E-state index contributed by atoms with van der Waals surface area (Å²) in [5.74, 6) is -0.381. The van der Waals surface area contributed by atoms with Gasteiger partial charge in [-0.1, -0.05) is 24.3 Å². The van der Waals surface area contributed by atoms with E-state index in [2.05, 4.69) is 0 Å². The Morgan fingerprint density at radius 3 is 2.65 bits per heavy atom. The van der Waals surface area contributed by atoms with Gasteiger partial charge in [0.05, 0.1) is 21.9 Å². The quantitative estimate of drug-likeness (QED) is 0.534. The molecule has 0 spiro atoms. The maximum absolute atomic E-state index is 13.1. The van der Waals surface area contributed by atoms with Gasteiger partial charge in [0.15, 0.2) is 5.43 Å². The number of para-hydroxylation sites is 1. The Bertz CT molecular complexity index is 1120. The van der Waals surface area contributed by atoms with E-state index in [1.54, 1.807) is 43.3 Å². The van der Waals surface area contributed by atoms with Crippen LogP contribution in [-0.4, -0.2) is 22.3 Å². The zero-order valence-corrected chi connectivity index (χ0v) is 13.8. The molecule has 0 N–H and O–H groups in total. The van der Waals surface area contributed by atoms with E-state index in [0.29, 0.717) is 23.1 Å². The summed E-state index contributed by atoms with van der Waals surface area (Å²) < 4.78 is 5.73. The zero-order chi connectivity index (χ0) is 18.4. The first-order chi connectivity index (χ1) is 12.5. The van der Waals surface area contributed by atoms with E-state index in [0.717, 1.165) is 0 Å². The van der Waals surface area contributed by atoms with Crippen LogP contribution in [0.1, 0.15) is 34.6 Å². The fourth-order valence-corrected chi connectivity index (χ4v) is 3.45. The highest BCUT2D eigenvalue weighted by molar-refractivity contribution is 5.99. The number of nitro benzene ring substituents is 1. The molecule has 1 aliphatic rings. The molecule has 0 saturated heterocycles. The summed E-state index contributed by atoms with van der Waals surface area (Å²) in [6.45, 7) is 2.13. The van der Waals surface area contributed by atoms with Crippen molar-refractivity contribution in [1.82, 2.24) is 4.90 Å². The molecule has 4 rings (SSSR count). The minimum Gasteiger partial charge on any atom is -0.450 e. The molecule has 1 aliphatic heterocycles. The number of fused-ring (bicyclic) bond motifs is 2. The third-order valence-corrected chi connectivity index (χ3v) is 4.61. The molecule has 2 heterocycles. The van der Waals surface area contributed by atoms with Gasteiger partial charge in [0.2, 0.25) is 5.76 Å². The van der Waals surface area contributed by atoms with E-state index in [-0.39, 0.29) is 28.3 Å². The Kier molecular flexibility index (Phi) is 3.57. The molecule has 3 aromatic rings. The summed E-state index contributed by atoms with van der Waals surface area (Å²) in [5.41, 5.74) is 0.708. The van der Waals surface area contributed by atoms with Crippen LogP contribution in [0, 0.1) is 10.1 Å². The number of hydrogen-bond donors (Lipinski definition) is 0. The van der Waals surface area contributed by atoms with Gasteiger partial charge in [0.1, 0.15) is 5.58 Å². The van der Waals surface area contributed by atoms with E-state index in [4.69, 9.17) is 4.42 Å². The van der Waals surface area contributed by atoms with E-state index in [1.165, 1.54) is 17.0 Å². The fraction of sp³-hybridized carbons (Fsp3) is 0.158. The molecule has 0 saturated carbocycles. The lowest BCUT2D eigenvalue weighted by atomic mass is 9.98. The van der Waals surface area contributed by atoms with Crippen LogP contribution >= 0.6 is 0 Å². The first-order valence-corrected chi connectivity index (χ1v) is 8.14. The van der Waals surface area contributed by atoms with Gasteiger partial charge in [-0.2, -0.15) is 0 Å². The van der Waals surface area contributed by atoms with E-state index < -0.39 is 11.0 Å². The number of nitro groups is 1. The predicted molar refractivity (Wildman–Crippen MR) is 94.1 cm³/mol.